The Kier molecular flexibility index (Phi) is 6.49. The van der Waals surface area contributed by atoms with E-state index in [9.17, 15) is 0 Å². The van der Waals surface area contributed by atoms with Gasteiger partial charge in [-0.15, -0.1) is 0 Å². The van der Waals surface area contributed by atoms with E-state index >= 15 is 0 Å². The number of hydrogen-bond acceptors (Lipinski definition) is 3. The second-order valence-corrected chi connectivity index (χ2v) is 9.46. The lowest BCUT2D eigenvalue weighted by molar-refractivity contribution is 0.00462. The monoisotopic (exact) mass is 446 g/mol. The number of nitrogens with one attached hydrogen (secondary N) is 1. The van der Waals surface area contributed by atoms with Crippen molar-refractivity contribution >= 4 is 11.6 Å². The molecule has 0 saturated carbocycles. The molecule has 0 aliphatic carbocycles. The van der Waals surface area contributed by atoms with Gasteiger partial charge in [-0.05, 0) is 61.2 Å². The fraction of sp³-hybridized carbons (Fsp3) is 0.357. The average Bonchev–Trinajstić information content (AvgIpc) is 2.85. The van der Waals surface area contributed by atoms with Crippen LogP contribution in [-0.2, 0) is 6.54 Å². The lowest BCUT2D eigenvalue weighted by Gasteiger charge is -2.54. The number of benzene rings is 3. The second kappa shape index (κ2) is 9.66. The molecule has 6 rings (SSSR count). The lowest BCUT2D eigenvalue weighted by atomic mass is 9.70. The molecule has 0 spiro atoms. The van der Waals surface area contributed by atoms with Gasteiger partial charge < -0.3 is 10.1 Å². The highest BCUT2D eigenvalue weighted by Crippen LogP contribution is 2.42. The van der Waals surface area contributed by atoms with Crippen LogP contribution in [0.5, 0.6) is 5.75 Å². The maximum Gasteiger partial charge on any atom is 0.123 e. The number of rotatable bonds is 7. The quantitative estimate of drug-likeness (QED) is 0.501. The van der Waals surface area contributed by atoms with Crippen molar-refractivity contribution in [2.45, 2.75) is 37.4 Å². The molecule has 32 heavy (non-hydrogen) atoms. The molecule has 2 bridgehead atoms. The molecule has 3 saturated heterocycles. The third-order valence-electron chi connectivity index (χ3n) is 7.30. The van der Waals surface area contributed by atoms with E-state index in [1.54, 1.807) is 7.11 Å². The molecule has 3 aliphatic rings. The number of hydrogen-bond donors (Lipinski definition) is 1. The molecule has 3 heterocycles. The summed E-state index contributed by atoms with van der Waals surface area (Å²) in [5.74, 6) is 1.91. The average molecular weight is 447 g/mol. The van der Waals surface area contributed by atoms with Crippen molar-refractivity contribution in [2.75, 3.05) is 20.2 Å². The summed E-state index contributed by atoms with van der Waals surface area (Å²) in [5.41, 5.74) is 3.90. The first-order chi connectivity index (χ1) is 15.7. The Bertz CT molecular complexity index is 979. The zero-order valence-corrected chi connectivity index (χ0v) is 19.3. The number of nitrogens with zero attached hydrogens (tertiary/aromatic N) is 1. The van der Waals surface area contributed by atoms with Gasteiger partial charge in [0.15, 0.2) is 0 Å². The third kappa shape index (κ3) is 4.30. The largest absolute Gasteiger partial charge is 0.496 e. The number of methoxy groups -OCH3 is 1. The molecule has 3 aliphatic heterocycles. The first-order valence-corrected chi connectivity index (χ1v) is 12.0. The molecular formula is C28H31ClN2O. The van der Waals surface area contributed by atoms with Gasteiger partial charge in [0.05, 0.1) is 7.11 Å². The summed E-state index contributed by atoms with van der Waals surface area (Å²) in [4.78, 5) is 2.72. The molecule has 3 aromatic rings. The maximum atomic E-state index is 6.31. The lowest BCUT2D eigenvalue weighted by Crippen LogP contribution is -2.64. The smallest absolute Gasteiger partial charge is 0.123 e. The van der Waals surface area contributed by atoms with E-state index in [1.807, 2.05) is 18.2 Å². The number of piperidine rings is 3. The molecule has 3 nitrogen and oxygen atoms in total. The predicted octanol–water partition coefficient (Wildman–Crippen LogP) is 5.73. The van der Waals surface area contributed by atoms with Gasteiger partial charge in [-0.3, -0.25) is 4.90 Å². The summed E-state index contributed by atoms with van der Waals surface area (Å²) in [6.07, 6.45) is 2.52. The van der Waals surface area contributed by atoms with Crippen molar-refractivity contribution in [2.24, 2.45) is 5.92 Å². The van der Waals surface area contributed by atoms with Gasteiger partial charge in [-0.1, -0.05) is 72.3 Å². The number of fused-ring (bicyclic) bond motifs is 3. The van der Waals surface area contributed by atoms with Crippen LogP contribution in [0.1, 0.15) is 35.4 Å². The molecule has 2 unspecified atom stereocenters. The predicted molar refractivity (Wildman–Crippen MR) is 131 cm³/mol. The zero-order valence-electron chi connectivity index (χ0n) is 18.6. The Balaban J connectivity index is 1.49. The van der Waals surface area contributed by atoms with Crippen molar-refractivity contribution in [3.8, 4) is 5.75 Å². The van der Waals surface area contributed by atoms with Crippen molar-refractivity contribution in [1.29, 1.82) is 0 Å². The molecule has 3 fully saturated rings. The van der Waals surface area contributed by atoms with Crippen LogP contribution in [-0.4, -0.2) is 37.2 Å². The van der Waals surface area contributed by atoms with E-state index in [0.29, 0.717) is 23.9 Å². The topological polar surface area (TPSA) is 24.5 Å². The molecule has 0 amide bonds. The normalized spacial score (nSPS) is 24.6. The van der Waals surface area contributed by atoms with E-state index in [1.165, 1.54) is 37.1 Å². The first kappa shape index (κ1) is 21.5. The maximum absolute atomic E-state index is 6.31. The van der Waals surface area contributed by atoms with Crippen LogP contribution in [0.15, 0.2) is 78.9 Å². The minimum absolute atomic E-state index is 0.333. The minimum Gasteiger partial charge on any atom is -0.496 e. The standard InChI is InChI=1S/C28H31ClN2O/c1-32-25-13-12-24(29)18-23(25)19-30-27-22-14-16-31(17-15-22)28(27)26(20-8-4-2-5-9-20)21-10-6-3-7-11-21/h2-13,18,22,26-28,30H,14-17,19H2,1H3. The molecule has 166 valence electrons. The van der Waals surface area contributed by atoms with Gasteiger partial charge in [-0.2, -0.15) is 0 Å². The second-order valence-electron chi connectivity index (χ2n) is 9.03. The van der Waals surface area contributed by atoms with Crippen LogP contribution in [0, 0.1) is 5.92 Å². The van der Waals surface area contributed by atoms with Gasteiger partial charge in [0, 0.05) is 35.1 Å². The van der Waals surface area contributed by atoms with E-state index in [4.69, 9.17) is 16.3 Å². The van der Waals surface area contributed by atoms with Gasteiger partial charge in [-0.25, -0.2) is 0 Å². The van der Waals surface area contributed by atoms with Crippen molar-refractivity contribution in [3.05, 3.63) is 101 Å². The summed E-state index contributed by atoms with van der Waals surface area (Å²) in [7, 11) is 1.73. The molecular weight excluding hydrogens is 416 g/mol. The van der Waals surface area contributed by atoms with E-state index in [-0.39, 0.29) is 0 Å². The fourth-order valence-corrected chi connectivity index (χ4v) is 6.00. The first-order valence-electron chi connectivity index (χ1n) is 11.6. The van der Waals surface area contributed by atoms with Crippen molar-refractivity contribution in [3.63, 3.8) is 0 Å². The molecule has 0 aromatic heterocycles. The van der Waals surface area contributed by atoms with Crippen LogP contribution in [0.3, 0.4) is 0 Å². The Labute approximate surface area is 196 Å². The van der Waals surface area contributed by atoms with Crippen molar-refractivity contribution < 1.29 is 4.74 Å². The summed E-state index contributed by atoms with van der Waals surface area (Å²) >= 11 is 6.31. The van der Waals surface area contributed by atoms with E-state index < -0.39 is 0 Å². The van der Waals surface area contributed by atoms with Gasteiger partial charge >= 0.3 is 0 Å². The van der Waals surface area contributed by atoms with Gasteiger partial charge in [0.2, 0.25) is 0 Å². The summed E-state index contributed by atoms with van der Waals surface area (Å²) in [6, 6.07) is 28.8. The Morgan fingerprint density at radius 3 is 2.16 bits per heavy atom. The number of ether oxygens (including phenoxy) is 1. The zero-order chi connectivity index (χ0) is 21.9. The van der Waals surface area contributed by atoms with Crippen LogP contribution >= 0.6 is 11.6 Å². The van der Waals surface area contributed by atoms with E-state index in [0.717, 1.165) is 22.9 Å². The van der Waals surface area contributed by atoms with Crippen LogP contribution in [0.2, 0.25) is 5.02 Å². The van der Waals surface area contributed by atoms with Gasteiger partial charge in [0.1, 0.15) is 5.75 Å². The highest BCUT2D eigenvalue weighted by atomic mass is 35.5. The van der Waals surface area contributed by atoms with Gasteiger partial charge in [0.25, 0.3) is 0 Å². The SMILES string of the molecule is COc1ccc(Cl)cc1CNC1C2CCN(CC2)C1C(c1ccccc1)c1ccccc1. The molecule has 2 atom stereocenters. The summed E-state index contributed by atoms with van der Waals surface area (Å²) < 4.78 is 5.61. The molecule has 4 heteroatoms. The van der Waals surface area contributed by atoms with Crippen LogP contribution in [0.25, 0.3) is 0 Å². The van der Waals surface area contributed by atoms with Crippen LogP contribution in [0.4, 0.5) is 0 Å². The molecule has 0 radical (unpaired) electrons. The Morgan fingerprint density at radius 2 is 1.56 bits per heavy atom. The molecule has 1 N–H and O–H groups in total. The highest BCUT2D eigenvalue weighted by Gasteiger charge is 2.46. The Hall–Kier alpha value is -2.33. The van der Waals surface area contributed by atoms with Crippen LogP contribution < -0.4 is 10.1 Å². The highest BCUT2D eigenvalue weighted by molar-refractivity contribution is 6.30. The summed E-state index contributed by atoms with van der Waals surface area (Å²) in [5, 5.41) is 4.71. The third-order valence-corrected chi connectivity index (χ3v) is 7.54. The minimum atomic E-state index is 0.333. The van der Waals surface area contributed by atoms with E-state index in [2.05, 4.69) is 70.9 Å². The molecule has 3 aromatic carbocycles. The number of halogens is 1. The van der Waals surface area contributed by atoms with Crippen molar-refractivity contribution in [1.82, 2.24) is 10.2 Å². The fourth-order valence-electron chi connectivity index (χ4n) is 5.81. The summed E-state index contributed by atoms with van der Waals surface area (Å²) in [6.45, 7) is 3.12. The Morgan fingerprint density at radius 1 is 0.938 bits per heavy atom.